The van der Waals surface area contributed by atoms with Crippen LogP contribution in [0.5, 0.6) is 5.75 Å². The Morgan fingerprint density at radius 3 is 2.71 bits per heavy atom. The molecule has 0 spiro atoms. The van der Waals surface area contributed by atoms with E-state index < -0.39 is 0 Å². The Labute approximate surface area is 129 Å². The molecule has 1 aromatic heterocycles. The summed E-state index contributed by atoms with van der Waals surface area (Å²) in [6, 6.07) is 7.84. The van der Waals surface area contributed by atoms with Crippen LogP contribution in [0, 0.1) is 17.6 Å². The quantitative estimate of drug-likeness (QED) is 0.833. The molecule has 0 unspecified atom stereocenters. The second-order valence-electron chi connectivity index (χ2n) is 5.54. The molecule has 0 atom stereocenters. The molecule has 0 aliphatic heterocycles. The summed E-state index contributed by atoms with van der Waals surface area (Å²) < 4.78 is 6.07. The van der Waals surface area contributed by atoms with Crippen molar-refractivity contribution in [3.05, 3.63) is 56.2 Å². The Morgan fingerprint density at radius 1 is 1.29 bits per heavy atom. The fourth-order valence-corrected chi connectivity index (χ4v) is 2.30. The van der Waals surface area contributed by atoms with Crippen LogP contribution >= 0.6 is 12.2 Å². The number of rotatable bonds is 5. The van der Waals surface area contributed by atoms with Crippen LogP contribution in [0.1, 0.15) is 30.7 Å². The number of aromatic nitrogens is 2. The van der Waals surface area contributed by atoms with Gasteiger partial charge in [-0.25, -0.2) is 0 Å². The van der Waals surface area contributed by atoms with Crippen LogP contribution in [-0.4, -0.2) is 16.6 Å². The van der Waals surface area contributed by atoms with Gasteiger partial charge < -0.3 is 9.72 Å². The maximum Gasteiger partial charge on any atom is 0.255 e. The van der Waals surface area contributed by atoms with Crippen molar-refractivity contribution in [3.63, 3.8) is 0 Å². The number of aromatic amines is 2. The summed E-state index contributed by atoms with van der Waals surface area (Å²) in [5.41, 5.74) is 2.40. The van der Waals surface area contributed by atoms with E-state index in [1.807, 2.05) is 31.2 Å². The average Bonchev–Trinajstić information content (AvgIpc) is 2.41. The molecule has 21 heavy (non-hydrogen) atoms. The van der Waals surface area contributed by atoms with Crippen LogP contribution in [-0.2, 0) is 6.42 Å². The van der Waals surface area contributed by atoms with Crippen LogP contribution in [0.3, 0.4) is 0 Å². The zero-order chi connectivity index (χ0) is 15.4. The van der Waals surface area contributed by atoms with Crippen molar-refractivity contribution in [2.24, 2.45) is 5.92 Å². The van der Waals surface area contributed by atoms with Crippen molar-refractivity contribution in [2.75, 3.05) is 6.61 Å². The molecule has 0 fully saturated rings. The molecule has 0 aliphatic carbocycles. The predicted octanol–water partition coefficient (Wildman–Crippen LogP) is 3.37. The van der Waals surface area contributed by atoms with Gasteiger partial charge in [0.05, 0.1) is 6.61 Å². The summed E-state index contributed by atoms with van der Waals surface area (Å²) in [6.07, 6.45) is 0.548. The molecule has 112 valence electrons. The van der Waals surface area contributed by atoms with Gasteiger partial charge in [0.15, 0.2) is 4.77 Å². The van der Waals surface area contributed by atoms with E-state index >= 15 is 0 Å². The Hall–Kier alpha value is -1.88. The zero-order valence-electron chi connectivity index (χ0n) is 12.5. The van der Waals surface area contributed by atoms with E-state index in [4.69, 9.17) is 17.0 Å². The normalized spacial score (nSPS) is 10.9. The van der Waals surface area contributed by atoms with Gasteiger partial charge in [-0.05, 0) is 42.8 Å². The van der Waals surface area contributed by atoms with Gasteiger partial charge >= 0.3 is 0 Å². The molecule has 1 heterocycles. The maximum absolute atomic E-state index is 12.0. The van der Waals surface area contributed by atoms with Crippen molar-refractivity contribution in [1.82, 2.24) is 9.97 Å². The molecule has 2 rings (SSSR count). The van der Waals surface area contributed by atoms with Gasteiger partial charge in [-0.2, -0.15) is 0 Å². The number of H-pyrrole nitrogens is 2. The maximum atomic E-state index is 12.0. The third-order valence-corrected chi connectivity index (χ3v) is 3.32. The van der Waals surface area contributed by atoms with Crippen molar-refractivity contribution >= 4 is 12.2 Å². The van der Waals surface area contributed by atoms with E-state index in [-0.39, 0.29) is 5.56 Å². The smallest absolute Gasteiger partial charge is 0.255 e. The minimum atomic E-state index is -0.134. The van der Waals surface area contributed by atoms with E-state index in [2.05, 4.69) is 23.8 Å². The molecular formula is C16H20N2O2S. The molecule has 5 heteroatoms. The Bertz CT molecular complexity index is 732. The number of nitrogens with one attached hydrogen (secondary N) is 2. The van der Waals surface area contributed by atoms with Crippen LogP contribution in [0.25, 0.3) is 0 Å². The highest BCUT2D eigenvalue weighted by atomic mass is 32.1. The molecule has 4 nitrogen and oxygen atoms in total. The summed E-state index contributed by atoms with van der Waals surface area (Å²) in [6.45, 7) is 6.76. The number of hydrogen-bond donors (Lipinski definition) is 2. The first-order valence-corrected chi connectivity index (χ1v) is 7.40. The zero-order valence-corrected chi connectivity index (χ0v) is 13.3. The van der Waals surface area contributed by atoms with Gasteiger partial charge in [-0.1, -0.05) is 26.0 Å². The molecule has 0 radical (unpaired) electrons. The largest absolute Gasteiger partial charge is 0.493 e. The second-order valence-corrected chi connectivity index (χ2v) is 5.95. The van der Waals surface area contributed by atoms with E-state index in [1.165, 1.54) is 0 Å². The molecular weight excluding hydrogens is 284 g/mol. The highest BCUT2D eigenvalue weighted by Crippen LogP contribution is 2.17. The van der Waals surface area contributed by atoms with E-state index in [9.17, 15) is 4.79 Å². The molecule has 0 amide bonds. The Morgan fingerprint density at radius 2 is 2.05 bits per heavy atom. The summed E-state index contributed by atoms with van der Waals surface area (Å²) in [7, 11) is 0. The van der Waals surface area contributed by atoms with Gasteiger partial charge in [-0.15, -0.1) is 0 Å². The number of benzene rings is 1. The van der Waals surface area contributed by atoms with Crippen molar-refractivity contribution < 1.29 is 4.74 Å². The Kier molecular flexibility index (Phi) is 4.96. The van der Waals surface area contributed by atoms with E-state index in [0.29, 0.717) is 29.3 Å². The molecule has 0 bridgehead atoms. The summed E-state index contributed by atoms with van der Waals surface area (Å²) in [5.74, 6) is 1.31. The van der Waals surface area contributed by atoms with Gasteiger partial charge in [0.1, 0.15) is 5.75 Å². The van der Waals surface area contributed by atoms with Crippen LogP contribution in [0.2, 0.25) is 0 Å². The molecule has 0 aliphatic rings. The highest BCUT2D eigenvalue weighted by Gasteiger charge is 2.07. The van der Waals surface area contributed by atoms with Crippen LogP contribution in [0.15, 0.2) is 29.1 Å². The summed E-state index contributed by atoms with van der Waals surface area (Å²) in [5, 5.41) is 0. The first kappa shape index (κ1) is 15.5. The third-order valence-electron chi connectivity index (χ3n) is 3.12. The standard InChI is InChI=1S/C16H20N2O2S/c1-10(2)9-20-13-6-4-5-12(7-13)8-14-11(3)17-16(21)18-15(14)19/h4-7,10H,8-9H2,1-3H3,(H2,17,18,19,21). The summed E-state index contributed by atoms with van der Waals surface area (Å²) >= 11 is 4.96. The first-order chi connectivity index (χ1) is 9.95. The topological polar surface area (TPSA) is 57.9 Å². The van der Waals surface area contributed by atoms with Crippen molar-refractivity contribution in [3.8, 4) is 5.75 Å². The lowest BCUT2D eigenvalue weighted by atomic mass is 10.0. The number of ether oxygens (including phenoxy) is 1. The third kappa shape index (κ3) is 4.29. The second kappa shape index (κ2) is 6.72. The fourth-order valence-electron chi connectivity index (χ4n) is 2.05. The predicted molar refractivity (Wildman–Crippen MR) is 86.6 cm³/mol. The monoisotopic (exact) mass is 304 g/mol. The Balaban J connectivity index is 2.22. The number of aryl methyl sites for hydroxylation is 1. The lowest BCUT2D eigenvalue weighted by Crippen LogP contribution is -2.16. The van der Waals surface area contributed by atoms with E-state index in [1.54, 1.807) is 0 Å². The summed E-state index contributed by atoms with van der Waals surface area (Å²) in [4.78, 5) is 17.6. The van der Waals surface area contributed by atoms with Crippen LogP contribution in [0.4, 0.5) is 0 Å². The minimum Gasteiger partial charge on any atom is -0.493 e. The fraction of sp³-hybridized carbons (Fsp3) is 0.375. The SMILES string of the molecule is Cc1[nH]c(=S)[nH]c(=O)c1Cc1cccc(OCC(C)C)c1. The van der Waals surface area contributed by atoms with Gasteiger partial charge in [-0.3, -0.25) is 9.78 Å². The number of hydrogen-bond acceptors (Lipinski definition) is 3. The van der Waals surface area contributed by atoms with Gasteiger partial charge in [0.25, 0.3) is 5.56 Å². The lowest BCUT2D eigenvalue weighted by molar-refractivity contribution is 0.271. The highest BCUT2D eigenvalue weighted by molar-refractivity contribution is 7.71. The average molecular weight is 304 g/mol. The van der Waals surface area contributed by atoms with Crippen molar-refractivity contribution in [1.29, 1.82) is 0 Å². The minimum absolute atomic E-state index is 0.134. The van der Waals surface area contributed by atoms with Gasteiger partial charge in [0, 0.05) is 17.7 Å². The van der Waals surface area contributed by atoms with Crippen molar-refractivity contribution in [2.45, 2.75) is 27.2 Å². The van der Waals surface area contributed by atoms with E-state index in [0.717, 1.165) is 17.0 Å². The molecule has 0 saturated heterocycles. The van der Waals surface area contributed by atoms with Gasteiger partial charge in [0.2, 0.25) is 0 Å². The lowest BCUT2D eigenvalue weighted by Gasteiger charge is -2.10. The molecule has 2 N–H and O–H groups in total. The first-order valence-electron chi connectivity index (χ1n) is 6.99. The van der Waals surface area contributed by atoms with Crippen LogP contribution < -0.4 is 10.3 Å². The molecule has 0 saturated carbocycles. The molecule has 2 aromatic rings. The molecule has 1 aromatic carbocycles.